The van der Waals surface area contributed by atoms with Crippen molar-refractivity contribution >= 4 is 0 Å². The minimum atomic E-state index is -0.288. The highest BCUT2D eigenvalue weighted by atomic mass is 19.1. The molecule has 1 unspecified atom stereocenters. The molecule has 3 aliphatic rings. The predicted octanol–water partition coefficient (Wildman–Crippen LogP) is 4.14. The lowest BCUT2D eigenvalue weighted by Crippen LogP contribution is -2.57. The SMILES string of the molecule is Fc1ccc(OC2[C@@H]3COC[C@H]2CN(Cc2ccccc2)C3)c(OCC2CC2)c1. The summed E-state index contributed by atoms with van der Waals surface area (Å²) in [5.41, 5.74) is 1.33. The standard InChI is InChI=1S/C24H28FNO3/c25-21-8-9-22(23(10-21)28-14-18-6-7-18)29-24-19-12-26(13-20(24)16-27-15-19)11-17-4-2-1-3-5-17/h1-5,8-10,18-20,24H,6-7,11-16H2/t19-,20+,24?. The van der Waals surface area contributed by atoms with Crippen molar-refractivity contribution in [3.05, 3.63) is 59.9 Å². The van der Waals surface area contributed by atoms with Crippen LogP contribution in [0.3, 0.4) is 0 Å². The lowest BCUT2D eigenvalue weighted by Gasteiger charge is -2.46. The largest absolute Gasteiger partial charge is 0.489 e. The third-order valence-corrected chi connectivity index (χ3v) is 6.17. The summed E-state index contributed by atoms with van der Waals surface area (Å²) in [6.07, 6.45) is 2.48. The highest BCUT2D eigenvalue weighted by Gasteiger charge is 2.42. The van der Waals surface area contributed by atoms with E-state index in [0.717, 1.165) is 19.6 Å². The van der Waals surface area contributed by atoms with Crippen molar-refractivity contribution in [2.75, 3.05) is 32.9 Å². The highest BCUT2D eigenvalue weighted by molar-refractivity contribution is 5.40. The first-order valence-corrected chi connectivity index (χ1v) is 10.7. The third-order valence-electron chi connectivity index (χ3n) is 6.17. The molecule has 2 saturated heterocycles. The summed E-state index contributed by atoms with van der Waals surface area (Å²) in [6, 6.07) is 15.2. The van der Waals surface area contributed by atoms with E-state index in [1.54, 1.807) is 6.07 Å². The molecule has 154 valence electrons. The maximum Gasteiger partial charge on any atom is 0.164 e. The Morgan fingerprint density at radius 3 is 2.45 bits per heavy atom. The van der Waals surface area contributed by atoms with Gasteiger partial charge in [-0.15, -0.1) is 0 Å². The molecular formula is C24H28FNO3. The average molecular weight is 397 g/mol. The van der Waals surface area contributed by atoms with Crippen molar-refractivity contribution in [2.45, 2.75) is 25.5 Å². The van der Waals surface area contributed by atoms with E-state index in [0.29, 0.717) is 49.1 Å². The van der Waals surface area contributed by atoms with Crippen LogP contribution >= 0.6 is 0 Å². The summed E-state index contributed by atoms with van der Waals surface area (Å²) in [7, 11) is 0. The Bertz CT molecular complexity index is 812. The van der Waals surface area contributed by atoms with Crippen LogP contribution in [0.5, 0.6) is 11.5 Å². The number of benzene rings is 2. The van der Waals surface area contributed by atoms with E-state index in [9.17, 15) is 4.39 Å². The second-order valence-electron chi connectivity index (χ2n) is 8.67. The molecule has 1 saturated carbocycles. The number of ether oxygens (including phenoxy) is 3. The number of rotatable bonds is 7. The second kappa shape index (κ2) is 8.33. The quantitative estimate of drug-likeness (QED) is 0.703. The maximum atomic E-state index is 13.8. The van der Waals surface area contributed by atoms with Gasteiger partial charge in [0.05, 0.1) is 19.8 Å². The van der Waals surface area contributed by atoms with E-state index >= 15 is 0 Å². The summed E-state index contributed by atoms with van der Waals surface area (Å²) in [5.74, 6) is 2.11. The Labute approximate surface area is 171 Å². The Morgan fingerprint density at radius 2 is 1.72 bits per heavy atom. The van der Waals surface area contributed by atoms with Crippen LogP contribution in [0, 0.1) is 23.6 Å². The van der Waals surface area contributed by atoms with Crippen LogP contribution < -0.4 is 9.47 Å². The summed E-state index contributed by atoms with van der Waals surface area (Å²) in [4.78, 5) is 2.50. The van der Waals surface area contributed by atoms with Gasteiger partial charge in [-0.2, -0.15) is 0 Å². The molecule has 0 amide bonds. The number of likely N-dealkylation sites (tertiary alicyclic amines) is 1. The number of piperidine rings is 1. The summed E-state index contributed by atoms with van der Waals surface area (Å²) < 4.78 is 32.0. The molecule has 0 aromatic heterocycles. The maximum absolute atomic E-state index is 13.8. The molecular weight excluding hydrogens is 369 g/mol. The van der Waals surface area contributed by atoms with Crippen molar-refractivity contribution in [3.8, 4) is 11.5 Å². The predicted molar refractivity (Wildman–Crippen MR) is 109 cm³/mol. The first-order valence-electron chi connectivity index (χ1n) is 10.7. The Balaban J connectivity index is 1.28. The number of nitrogens with zero attached hydrogens (tertiary/aromatic N) is 1. The Morgan fingerprint density at radius 1 is 0.966 bits per heavy atom. The number of hydrogen-bond acceptors (Lipinski definition) is 4. The highest BCUT2D eigenvalue weighted by Crippen LogP contribution is 2.37. The fraction of sp³-hybridized carbons (Fsp3) is 0.500. The molecule has 2 aromatic rings. The van der Waals surface area contributed by atoms with Crippen LogP contribution in [0.2, 0.25) is 0 Å². The molecule has 29 heavy (non-hydrogen) atoms. The van der Waals surface area contributed by atoms with E-state index in [2.05, 4.69) is 35.2 Å². The van der Waals surface area contributed by atoms with Crippen molar-refractivity contribution < 1.29 is 18.6 Å². The monoisotopic (exact) mass is 397 g/mol. The molecule has 2 aliphatic heterocycles. The van der Waals surface area contributed by atoms with Crippen LogP contribution in [-0.4, -0.2) is 43.9 Å². The Kier molecular flexibility index (Phi) is 5.42. The Hall–Kier alpha value is -2.11. The van der Waals surface area contributed by atoms with E-state index in [1.165, 1.54) is 30.5 Å². The van der Waals surface area contributed by atoms with Gasteiger partial charge in [0, 0.05) is 37.5 Å². The van der Waals surface area contributed by atoms with Gasteiger partial charge in [0.25, 0.3) is 0 Å². The molecule has 3 fully saturated rings. The first-order chi connectivity index (χ1) is 14.2. The average Bonchev–Trinajstić information content (AvgIpc) is 3.54. The normalized spacial score (nSPS) is 26.9. The molecule has 4 nitrogen and oxygen atoms in total. The minimum Gasteiger partial charge on any atom is -0.489 e. The van der Waals surface area contributed by atoms with E-state index in [-0.39, 0.29) is 11.9 Å². The molecule has 3 atom stereocenters. The van der Waals surface area contributed by atoms with Gasteiger partial charge >= 0.3 is 0 Å². The van der Waals surface area contributed by atoms with Gasteiger partial charge in [0.1, 0.15) is 11.9 Å². The van der Waals surface area contributed by atoms with Crippen molar-refractivity contribution in [1.82, 2.24) is 4.90 Å². The van der Waals surface area contributed by atoms with Gasteiger partial charge in [0.15, 0.2) is 11.5 Å². The van der Waals surface area contributed by atoms with Gasteiger partial charge in [0.2, 0.25) is 0 Å². The molecule has 0 spiro atoms. The van der Waals surface area contributed by atoms with E-state index < -0.39 is 0 Å². The summed E-state index contributed by atoms with van der Waals surface area (Å²) in [6.45, 7) is 4.88. The fourth-order valence-corrected chi connectivity index (χ4v) is 4.49. The summed E-state index contributed by atoms with van der Waals surface area (Å²) >= 11 is 0. The second-order valence-corrected chi connectivity index (χ2v) is 8.67. The minimum absolute atomic E-state index is 0.0736. The van der Waals surface area contributed by atoms with Crippen molar-refractivity contribution in [3.63, 3.8) is 0 Å². The van der Waals surface area contributed by atoms with Gasteiger partial charge < -0.3 is 14.2 Å². The lowest BCUT2D eigenvalue weighted by atomic mass is 9.84. The first kappa shape index (κ1) is 18.9. The molecule has 1 aliphatic carbocycles. The van der Waals surface area contributed by atoms with E-state index in [1.807, 2.05) is 0 Å². The van der Waals surface area contributed by atoms with Gasteiger partial charge in [-0.3, -0.25) is 4.90 Å². The molecule has 2 heterocycles. The number of fused-ring (bicyclic) bond motifs is 2. The molecule has 5 heteroatoms. The van der Waals surface area contributed by atoms with Crippen LogP contribution in [0.15, 0.2) is 48.5 Å². The molecule has 2 bridgehead atoms. The van der Waals surface area contributed by atoms with Crippen molar-refractivity contribution in [2.24, 2.45) is 17.8 Å². The smallest absolute Gasteiger partial charge is 0.164 e. The number of halogens is 1. The van der Waals surface area contributed by atoms with Crippen LogP contribution in [0.4, 0.5) is 4.39 Å². The van der Waals surface area contributed by atoms with Crippen molar-refractivity contribution in [1.29, 1.82) is 0 Å². The molecule has 5 rings (SSSR count). The fourth-order valence-electron chi connectivity index (χ4n) is 4.49. The lowest BCUT2D eigenvalue weighted by molar-refractivity contribution is -0.115. The zero-order chi connectivity index (χ0) is 19.6. The van der Waals surface area contributed by atoms with Crippen LogP contribution in [-0.2, 0) is 11.3 Å². The molecule has 0 radical (unpaired) electrons. The zero-order valence-electron chi connectivity index (χ0n) is 16.6. The zero-order valence-corrected chi connectivity index (χ0v) is 16.6. The number of hydrogen-bond donors (Lipinski definition) is 0. The molecule has 0 N–H and O–H groups in total. The third kappa shape index (κ3) is 4.57. The van der Waals surface area contributed by atoms with Gasteiger partial charge in [-0.25, -0.2) is 4.39 Å². The van der Waals surface area contributed by atoms with Gasteiger partial charge in [-0.05, 0) is 36.5 Å². The summed E-state index contributed by atoms with van der Waals surface area (Å²) in [5, 5.41) is 0. The topological polar surface area (TPSA) is 30.9 Å². The van der Waals surface area contributed by atoms with Crippen LogP contribution in [0.25, 0.3) is 0 Å². The molecule has 2 aromatic carbocycles. The van der Waals surface area contributed by atoms with E-state index in [4.69, 9.17) is 14.2 Å². The van der Waals surface area contributed by atoms with Gasteiger partial charge in [-0.1, -0.05) is 30.3 Å². The van der Waals surface area contributed by atoms with Crippen LogP contribution in [0.1, 0.15) is 18.4 Å².